The van der Waals surface area contributed by atoms with Crippen LogP contribution < -0.4 is 4.90 Å². The minimum atomic E-state index is -0.328. The van der Waals surface area contributed by atoms with E-state index in [1.54, 1.807) is 48.5 Å². The molecule has 0 bridgehead atoms. The number of para-hydroxylation sites is 1. The number of carbonyl (C=O) groups is 2. The largest absolute Gasteiger partial charge is 0.293 e. The van der Waals surface area contributed by atoms with Gasteiger partial charge in [-0.2, -0.15) is 0 Å². The van der Waals surface area contributed by atoms with Crippen molar-refractivity contribution in [2.75, 3.05) is 10.7 Å². The number of hydrogen-bond donors (Lipinski definition) is 0. The Bertz CT molecular complexity index is 668. The van der Waals surface area contributed by atoms with E-state index in [1.807, 2.05) is 19.1 Å². The van der Waals surface area contributed by atoms with Crippen molar-refractivity contribution in [2.45, 2.75) is 6.92 Å². The van der Waals surface area contributed by atoms with Crippen LogP contribution in [0.1, 0.15) is 17.3 Å². The molecule has 0 aliphatic carbocycles. The molecule has 0 unspecified atom stereocenters. The van der Waals surface area contributed by atoms with E-state index in [2.05, 4.69) is 6.58 Å². The lowest BCUT2D eigenvalue weighted by Gasteiger charge is -2.20. The molecule has 2 aromatic carbocycles. The molecular weight excluding hydrogens is 294 g/mol. The summed E-state index contributed by atoms with van der Waals surface area (Å²) in [4.78, 5) is 26.4. The molecule has 112 valence electrons. The van der Waals surface area contributed by atoms with Crippen molar-refractivity contribution in [1.82, 2.24) is 0 Å². The van der Waals surface area contributed by atoms with Crippen LogP contribution in [-0.4, -0.2) is 16.9 Å². The van der Waals surface area contributed by atoms with E-state index >= 15 is 0 Å². The van der Waals surface area contributed by atoms with Gasteiger partial charge in [0.2, 0.25) is 0 Å². The molecule has 0 fully saturated rings. The second kappa shape index (κ2) is 7.61. The van der Waals surface area contributed by atoms with Crippen LogP contribution in [0.2, 0.25) is 0 Å². The van der Waals surface area contributed by atoms with E-state index in [1.165, 1.54) is 4.90 Å². The maximum atomic E-state index is 12.7. The molecule has 0 heterocycles. The van der Waals surface area contributed by atoms with Crippen LogP contribution in [0, 0.1) is 0 Å². The van der Waals surface area contributed by atoms with Crippen LogP contribution in [0.25, 0.3) is 0 Å². The Labute approximate surface area is 134 Å². The van der Waals surface area contributed by atoms with E-state index in [9.17, 15) is 9.59 Å². The van der Waals surface area contributed by atoms with Gasteiger partial charge in [-0.3, -0.25) is 9.59 Å². The summed E-state index contributed by atoms with van der Waals surface area (Å²) in [6.45, 7) is 5.64. The minimum absolute atomic E-state index is 0.303. The van der Waals surface area contributed by atoms with Gasteiger partial charge in [-0.1, -0.05) is 60.3 Å². The highest BCUT2D eigenvalue weighted by atomic mass is 32.2. The van der Waals surface area contributed by atoms with E-state index in [0.29, 0.717) is 17.0 Å². The van der Waals surface area contributed by atoms with Crippen molar-refractivity contribution < 1.29 is 9.59 Å². The molecule has 22 heavy (non-hydrogen) atoms. The van der Waals surface area contributed by atoms with Gasteiger partial charge >= 0.3 is 0 Å². The minimum Gasteiger partial charge on any atom is -0.268 e. The fourth-order valence-electron chi connectivity index (χ4n) is 1.84. The van der Waals surface area contributed by atoms with Gasteiger partial charge in [0, 0.05) is 11.3 Å². The Hall–Kier alpha value is -2.33. The Morgan fingerprint density at radius 2 is 1.55 bits per heavy atom. The summed E-state index contributed by atoms with van der Waals surface area (Å²) in [6, 6.07) is 17.8. The van der Waals surface area contributed by atoms with E-state index in [0.717, 1.165) is 17.3 Å². The summed E-state index contributed by atoms with van der Waals surface area (Å²) < 4.78 is 0. The summed E-state index contributed by atoms with van der Waals surface area (Å²) in [5.74, 6) is 0.163. The number of anilines is 1. The third-order valence-corrected chi connectivity index (χ3v) is 3.93. The number of imide groups is 1. The van der Waals surface area contributed by atoms with Crippen molar-refractivity contribution in [3.8, 4) is 0 Å². The number of thioether (sulfide) groups is 1. The highest BCUT2D eigenvalue weighted by Crippen LogP contribution is 2.22. The van der Waals surface area contributed by atoms with Crippen molar-refractivity contribution in [1.29, 1.82) is 0 Å². The molecule has 2 amide bonds. The Morgan fingerprint density at radius 3 is 2.09 bits per heavy atom. The third kappa shape index (κ3) is 4.09. The zero-order valence-electron chi connectivity index (χ0n) is 12.4. The molecule has 0 aromatic heterocycles. The molecule has 0 atom stereocenters. The Morgan fingerprint density at radius 1 is 1.00 bits per heavy atom. The summed E-state index contributed by atoms with van der Waals surface area (Å²) in [5, 5.41) is -0.303. The fourth-order valence-corrected chi connectivity index (χ4v) is 2.53. The highest BCUT2D eigenvalue weighted by molar-refractivity contribution is 8.14. The summed E-state index contributed by atoms with van der Waals surface area (Å²) in [5.41, 5.74) is 1.93. The summed E-state index contributed by atoms with van der Waals surface area (Å²) in [6.07, 6.45) is 0. The zero-order valence-corrected chi connectivity index (χ0v) is 13.2. The molecule has 0 aliphatic heterocycles. The third-order valence-electron chi connectivity index (χ3n) is 2.86. The summed E-state index contributed by atoms with van der Waals surface area (Å²) in [7, 11) is 0. The Kier molecular flexibility index (Phi) is 5.55. The van der Waals surface area contributed by atoms with E-state index in [-0.39, 0.29) is 11.1 Å². The predicted octanol–water partition coefficient (Wildman–Crippen LogP) is 4.76. The van der Waals surface area contributed by atoms with E-state index in [4.69, 9.17) is 0 Å². The molecule has 2 aromatic rings. The molecule has 3 nitrogen and oxygen atoms in total. The Balaban J connectivity index is 2.32. The molecule has 0 saturated heterocycles. The molecule has 0 spiro atoms. The number of carbonyl (C=O) groups excluding carboxylic acids is 2. The maximum absolute atomic E-state index is 12.7. The smallest absolute Gasteiger partial charge is 0.268 e. The second-order valence-electron chi connectivity index (χ2n) is 4.85. The quantitative estimate of drug-likeness (QED) is 0.764. The average molecular weight is 311 g/mol. The molecule has 4 heteroatoms. The first-order valence-electron chi connectivity index (χ1n) is 6.85. The van der Waals surface area contributed by atoms with Gasteiger partial charge in [0.15, 0.2) is 0 Å². The molecule has 2 rings (SSSR count). The summed E-state index contributed by atoms with van der Waals surface area (Å²) >= 11 is 1.08. The van der Waals surface area contributed by atoms with Gasteiger partial charge in [0.1, 0.15) is 0 Å². The SMILES string of the molecule is C=C(C)CSC(=O)N(C(=O)c1ccccc1)c1ccccc1. The van der Waals surface area contributed by atoms with Crippen LogP contribution in [0.15, 0.2) is 72.8 Å². The first-order chi connectivity index (χ1) is 10.6. The van der Waals surface area contributed by atoms with Gasteiger partial charge in [-0.05, 0) is 31.2 Å². The standard InChI is InChI=1S/C18H17NO2S/c1-14(2)13-22-18(21)19(16-11-7-4-8-12-16)17(20)15-9-5-3-6-10-15/h3-12H,1,13H2,2H3. The topological polar surface area (TPSA) is 37.4 Å². The van der Waals surface area contributed by atoms with Crippen LogP contribution >= 0.6 is 11.8 Å². The number of rotatable bonds is 4. The van der Waals surface area contributed by atoms with E-state index < -0.39 is 0 Å². The van der Waals surface area contributed by atoms with Gasteiger partial charge in [-0.15, -0.1) is 0 Å². The second-order valence-corrected chi connectivity index (χ2v) is 5.78. The monoisotopic (exact) mass is 311 g/mol. The van der Waals surface area contributed by atoms with Crippen molar-refractivity contribution in [3.63, 3.8) is 0 Å². The maximum Gasteiger partial charge on any atom is 0.293 e. The number of hydrogen-bond acceptors (Lipinski definition) is 3. The number of amides is 2. The van der Waals surface area contributed by atoms with Crippen molar-refractivity contribution >= 4 is 28.6 Å². The molecule has 0 N–H and O–H groups in total. The normalized spacial score (nSPS) is 10.0. The van der Waals surface area contributed by atoms with Crippen LogP contribution in [0.5, 0.6) is 0 Å². The lowest BCUT2D eigenvalue weighted by Crippen LogP contribution is -2.34. The van der Waals surface area contributed by atoms with Crippen LogP contribution in [0.4, 0.5) is 10.5 Å². The van der Waals surface area contributed by atoms with Crippen LogP contribution in [0.3, 0.4) is 0 Å². The zero-order chi connectivity index (χ0) is 15.9. The van der Waals surface area contributed by atoms with Crippen LogP contribution in [-0.2, 0) is 0 Å². The average Bonchev–Trinajstić information content (AvgIpc) is 2.55. The molecular formula is C18H17NO2S. The lowest BCUT2D eigenvalue weighted by molar-refractivity contribution is 0.0997. The van der Waals surface area contributed by atoms with Gasteiger partial charge in [0.05, 0.1) is 5.69 Å². The van der Waals surface area contributed by atoms with Crippen molar-refractivity contribution in [3.05, 3.63) is 78.4 Å². The molecule has 0 aliphatic rings. The van der Waals surface area contributed by atoms with Gasteiger partial charge in [0.25, 0.3) is 11.1 Å². The van der Waals surface area contributed by atoms with Crippen molar-refractivity contribution in [2.24, 2.45) is 0 Å². The number of nitrogens with zero attached hydrogens (tertiary/aromatic N) is 1. The van der Waals surface area contributed by atoms with Gasteiger partial charge in [-0.25, -0.2) is 4.90 Å². The lowest BCUT2D eigenvalue weighted by atomic mass is 10.2. The predicted molar refractivity (Wildman–Crippen MR) is 92.4 cm³/mol. The first-order valence-corrected chi connectivity index (χ1v) is 7.84. The molecule has 0 saturated carbocycles. The fraction of sp³-hybridized carbons (Fsp3) is 0.111. The first kappa shape index (κ1) is 16.0. The molecule has 0 radical (unpaired) electrons. The number of benzene rings is 2. The van der Waals surface area contributed by atoms with Gasteiger partial charge < -0.3 is 0 Å². The highest BCUT2D eigenvalue weighted by Gasteiger charge is 2.24.